The minimum atomic E-state index is -0.769. The van der Waals surface area contributed by atoms with Gasteiger partial charge in [0.15, 0.2) is 0 Å². The third-order valence-electron chi connectivity index (χ3n) is 3.02. The number of alkyl halides is 1. The zero-order valence-electron chi connectivity index (χ0n) is 10.9. The van der Waals surface area contributed by atoms with Crippen LogP contribution < -0.4 is 5.32 Å². The van der Waals surface area contributed by atoms with Crippen molar-refractivity contribution in [2.24, 2.45) is 0 Å². The first-order chi connectivity index (χ1) is 9.72. The van der Waals surface area contributed by atoms with Crippen LogP contribution in [-0.2, 0) is 4.79 Å². The van der Waals surface area contributed by atoms with Crippen molar-refractivity contribution in [3.63, 3.8) is 0 Å². The average Bonchev–Trinajstić information content (AvgIpc) is 2.53. The number of carbonyl (C=O) groups is 1. The Morgan fingerprint density at radius 3 is 2.00 bits per heavy atom. The van der Waals surface area contributed by atoms with Gasteiger partial charge in [-0.25, -0.2) is 0 Å². The van der Waals surface area contributed by atoms with Crippen LogP contribution in [0, 0.1) is 0 Å². The van der Waals surface area contributed by atoms with Crippen LogP contribution in [0.25, 0.3) is 0 Å². The van der Waals surface area contributed by atoms with Crippen LogP contribution in [0.1, 0.15) is 22.5 Å². The molecule has 3 nitrogen and oxygen atoms in total. The van der Waals surface area contributed by atoms with Gasteiger partial charge in [0.2, 0.25) is 5.91 Å². The van der Waals surface area contributed by atoms with Gasteiger partial charge >= 0.3 is 0 Å². The van der Waals surface area contributed by atoms with Crippen LogP contribution in [0.2, 0.25) is 0 Å². The molecular weight excluding hydrogens is 274 g/mol. The first-order valence-electron chi connectivity index (χ1n) is 6.37. The van der Waals surface area contributed by atoms with Gasteiger partial charge in [0.1, 0.15) is 5.38 Å². The molecule has 2 aromatic carbocycles. The second kappa shape index (κ2) is 7.08. The second-order valence-corrected chi connectivity index (χ2v) is 4.86. The molecule has 0 aliphatic heterocycles. The number of aliphatic hydroxyl groups is 1. The number of aliphatic hydroxyl groups excluding tert-OH is 1. The molecule has 2 aromatic rings. The van der Waals surface area contributed by atoms with Crippen molar-refractivity contribution in [1.82, 2.24) is 5.32 Å². The highest BCUT2D eigenvalue weighted by Crippen LogP contribution is 2.22. The van der Waals surface area contributed by atoms with E-state index < -0.39 is 11.4 Å². The van der Waals surface area contributed by atoms with Gasteiger partial charge in [-0.05, 0) is 11.1 Å². The summed E-state index contributed by atoms with van der Waals surface area (Å²) in [6.07, 6.45) is 0. The number of amides is 1. The molecular formula is C16H16ClNO2. The first kappa shape index (κ1) is 14.6. The maximum absolute atomic E-state index is 12.1. The van der Waals surface area contributed by atoms with Crippen molar-refractivity contribution >= 4 is 17.5 Å². The number of rotatable bonds is 5. The molecule has 2 N–H and O–H groups in total. The summed E-state index contributed by atoms with van der Waals surface area (Å²) < 4.78 is 0. The molecule has 0 bridgehead atoms. The third-order valence-corrected chi connectivity index (χ3v) is 3.47. The quantitative estimate of drug-likeness (QED) is 0.832. The third kappa shape index (κ3) is 3.59. The Labute approximate surface area is 123 Å². The summed E-state index contributed by atoms with van der Waals surface area (Å²) in [6.45, 7) is -0.172. The molecule has 0 saturated carbocycles. The molecule has 2 atom stereocenters. The van der Waals surface area contributed by atoms with Crippen LogP contribution in [-0.4, -0.2) is 17.6 Å². The van der Waals surface area contributed by atoms with Gasteiger partial charge in [-0.1, -0.05) is 60.7 Å². The van der Waals surface area contributed by atoms with E-state index in [4.69, 9.17) is 11.6 Å². The lowest BCUT2D eigenvalue weighted by Gasteiger charge is -2.19. The van der Waals surface area contributed by atoms with Crippen LogP contribution in [0.4, 0.5) is 0 Å². The van der Waals surface area contributed by atoms with Crippen LogP contribution in [0.5, 0.6) is 0 Å². The fourth-order valence-corrected chi connectivity index (χ4v) is 2.15. The van der Waals surface area contributed by atoms with E-state index >= 15 is 0 Å². The largest absolute Gasteiger partial charge is 0.394 e. The van der Waals surface area contributed by atoms with Crippen molar-refractivity contribution in [2.45, 2.75) is 11.4 Å². The van der Waals surface area contributed by atoms with Gasteiger partial charge in [0, 0.05) is 0 Å². The molecule has 104 valence electrons. The summed E-state index contributed by atoms with van der Waals surface area (Å²) in [6, 6.07) is 18.0. The maximum Gasteiger partial charge on any atom is 0.243 e. The molecule has 0 aliphatic carbocycles. The highest BCUT2D eigenvalue weighted by molar-refractivity contribution is 6.30. The Kier molecular flexibility index (Phi) is 5.16. The minimum absolute atomic E-state index is 0.172. The van der Waals surface area contributed by atoms with Gasteiger partial charge in [-0.2, -0.15) is 0 Å². The summed E-state index contributed by atoms with van der Waals surface area (Å²) in [4.78, 5) is 12.1. The molecule has 0 radical (unpaired) electrons. The highest BCUT2D eigenvalue weighted by Gasteiger charge is 2.21. The Balaban J connectivity index is 2.06. The molecule has 0 fully saturated rings. The van der Waals surface area contributed by atoms with E-state index in [1.807, 2.05) is 48.5 Å². The monoisotopic (exact) mass is 289 g/mol. The van der Waals surface area contributed by atoms with Gasteiger partial charge in [0.25, 0.3) is 0 Å². The summed E-state index contributed by atoms with van der Waals surface area (Å²) in [5, 5.41) is 11.4. The number of benzene rings is 2. The van der Waals surface area contributed by atoms with Gasteiger partial charge in [0.05, 0.1) is 12.6 Å². The Morgan fingerprint density at radius 2 is 1.50 bits per heavy atom. The normalized spacial score (nSPS) is 13.5. The maximum atomic E-state index is 12.1. The lowest BCUT2D eigenvalue weighted by molar-refractivity contribution is -0.121. The van der Waals surface area contributed by atoms with E-state index in [2.05, 4.69) is 5.32 Å². The molecule has 4 heteroatoms. The van der Waals surface area contributed by atoms with Gasteiger partial charge < -0.3 is 10.4 Å². The van der Waals surface area contributed by atoms with E-state index in [1.54, 1.807) is 12.1 Å². The van der Waals surface area contributed by atoms with E-state index in [-0.39, 0.29) is 12.5 Å². The number of nitrogens with one attached hydrogen (secondary N) is 1. The molecule has 0 heterocycles. The number of carbonyl (C=O) groups excluding carboxylic acids is 1. The number of halogens is 1. The van der Waals surface area contributed by atoms with Crippen molar-refractivity contribution in [1.29, 1.82) is 0 Å². The lowest BCUT2D eigenvalue weighted by Crippen LogP contribution is -2.33. The summed E-state index contributed by atoms with van der Waals surface area (Å²) in [5.74, 6) is -0.319. The SMILES string of the molecule is O=C(N[C@@H](CO)c1ccccc1)[C@@H](Cl)c1ccccc1. The topological polar surface area (TPSA) is 49.3 Å². The molecule has 1 amide bonds. The molecule has 0 spiro atoms. The van der Waals surface area contributed by atoms with E-state index in [9.17, 15) is 9.90 Å². The average molecular weight is 290 g/mol. The van der Waals surface area contributed by atoms with Crippen molar-refractivity contribution in [3.05, 3.63) is 71.8 Å². The predicted octanol–water partition coefficient (Wildman–Crippen LogP) is 2.82. The van der Waals surface area contributed by atoms with E-state index in [1.165, 1.54) is 0 Å². The van der Waals surface area contributed by atoms with E-state index in [0.717, 1.165) is 11.1 Å². The van der Waals surface area contributed by atoms with Crippen LogP contribution in [0.3, 0.4) is 0 Å². The molecule has 0 aliphatic rings. The van der Waals surface area contributed by atoms with Crippen molar-refractivity contribution in [2.75, 3.05) is 6.61 Å². The summed E-state index contributed by atoms with van der Waals surface area (Å²) >= 11 is 6.15. The fraction of sp³-hybridized carbons (Fsp3) is 0.188. The Bertz CT molecular complexity index is 545. The van der Waals surface area contributed by atoms with Crippen molar-refractivity contribution in [3.8, 4) is 0 Å². The van der Waals surface area contributed by atoms with Gasteiger partial charge in [-0.3, -0.25) is 4.79 Å². The van der Waals surface area contributed by atoms with E-state index in [0.29, 0.717) is 0 Å². The minimum Gasteiger partial charge on any atom is -0.394 e. The highest BCUT2D eigenvalue weighted by atomic mass is 35.5. The molecule has 20 heavy (non-hydrogen) atoms. The predicted molar refractivity (Wildman–Crippen MR) is 79.4 cm³/mol. The second-order valence-electron chi connectivity index (χ2n) is 4.43. The number of hydrogen-bond donors (Lipinski definition) is 2. The zero-order chi connectivity index (χ0) is 14.4. The van der Waals surface area contributed by atoms with Crippen LogP contribution in [0.15, 0.2) is 60.7 Å². The number of hydrogen-bond acceptors (Lipinski definition) is 2. The summed E-state index contributed by atoms with van der Waals surface area (Å²) in [5.41, 5.74) is 1.58. The first-order valence-corrected chi connectivity index (χ1v) is 6.81. The molecule has 0 unspecified atom stereocenters. The fourth-order valence-electron chi connectivity index (χ4n) is 1.94. The molecule has 2 rings (SSSR count). The lowest BCUT2D eigenvalue weighted by atomic mass is 10.1. The molecule has 0 saturated heterocycles. The Hall–Kier alpha value is -1.84. The van der Waals surface area contributed by atoms with Crippen molar-refractivity contribution < 1.29 is 9.90 Å². The van der Waals surface area contributed by atoms with Crippen LogP contribution >= 0.6 is 11.6 Å². The Morgan fingerprint density at radius 1 is 1.00 bits per heavy atom. The molecule has 0 aromatic heterocycles. The summed E-state index contributed by atoms with van der Waals surface area (Å²) in [7, 11) is 0. The standard InChI is InChI=1S/C16H16ClNO2/c17-15(13-9-5-2-6-10-13)16(20)18-14(11-19)12-7-3-1-4-8-12/h1-10,14-15,19H,11H2,(H,18,20)/t14-,15-/m0/s1. The zero-order valence-corrected chi connectivity index (χ0v) is 11.6. The smallest absolute Gasteiger partial charge is 0.243 e. The van der Waals surface area contributed by atoms with Gasteiger partial charge in [-0.15, -0.1) is 11.6 Å².